The Hall–Kier alpha value is -2.12. The van der Waals surface area contributed by atoms with Gasteiger partial charge in [0.1, 0.15) is 16.3 Å². The molecule has 5 nitrogen and oxygen atoms in total. The maximum atomic E-state index is 12.1. The fraction of sp³-hybridized carbons (Fsp3) is 0.333. The number of fused-ring (bicyclic) bond motifs is 2. The molecule has 1 amide bonds. The first-order valence-corrected chi connectivity index (χ1v) is 9.85. The number of rotatable bonds is 4. The maximum absolute atomic E-state index is 12.1. The summed E-state index contributed by atoms with van der Waals surface area (Å²) in [7, 11) is 1.64. The number of hydrogen-bond donors (Lipinski definition) is 2. The number of aromatic nitrogens is 1. The van der Waals surface area contributed by atoms with Gasteiger partial charge in [0.25, 0.3) is 5.91 Å². The van der Waals surface area contributed by atoms with Gasteiger partial charge in [-0.1, -0.05) is 24.3 Å². The molecule has 3 N–H and O–H groups in total. The molecule has 130 valence electrons. The number of anilines is 2. The zero-order valence-electron chi connectivity index (χ0n) is 14.1. The van der Waals surface area contributed by atoms with E-state index in [4.69, 9.17) is 10.5 Å². The van der Waals surface area contributed by atoms with Gasteiger partial charge in [0.2, 0.25) is 0 Å². The third-order valence-electron chi connectivity index (χ3n) is 4.58. The van der Waals surface area contributed by atoms with Crippen molar-refractivity contribution < 1.29 is 9.53 Å². The standard InChI is InChI=1S/C18H19N3O2S2/c1-9-6-7-10-13(8-9)24-17(14(10)16(19)22)21-18-20-15-11(23-2)4-3-5-12(15)25-18/h3-5,9H,6-8H2,1-2H3,(H2,19,22)(H,20,21)/t9-/m1/s1. The number of primary amides is 1. The molecule has 0 bridgehead atoms. The summed E-state index contributed by atoms with van der Waals surface area (Å²) in [6, 6.07) is 5.85. The van der Waals surface area contributed by atoms with Crippen LogP contribution >= 0.6 is 22.7 Å². The highest BCUT2D eigenvalue weighted by Crippen LogP contribution is 2.42. The van der Waals surface area contributed by atoms with Crippen LogP contribution in [0.25, 0.3) is 10.2 Å². The van der Waals surface area contributed by atoms with Crippen molar-refractivity contribution in [1.82, 2.24) is 4.98 Å². The maximum Gasteiger partial charge on any atom is 0.251 e. The van der Waals surface area contributed by atoms with Gasteiger partial charge >= 0.3 is 0 Å². The van der Waals surface area contributed by atoms with Crippen LogP contribution in [0, 0.1) is 5.92 Å². The summed E-state index contributed by atoms with van der Waals surface area (Å²) in [5.74, 6) is 1.02. The average molecular weight is 374 g/mol. The second-order valence-electron chi connectivity index (χ2n) is 6.37. The summed E-state index contributed by atoms with van der Waals surface area (Å²) in [6.07, 6.45) is 3.03. The van der Waals surface area contributed by atoms with Crippen molar-refractivity contribution in [2.75, 3.05) is 12.4 Å². The number of methoxy groups -OCH3 is 1. The molecule has 0 radical (unpaired) electrons. The Kier molecular flexibility index (Phi) is 4.13. The van der Waals surface area contributed by atoms with E-state index in [-0.39, 0.29) is 5.91 Å². The van der Waals surface area contributed by atoms with Crippen molar-refractivity contribution in [2.45, 2.75) is 26.2 Å². The van der Waals surface area contributed by atoms with E-state index in [1.165, 1.54) is 4.88 Å². The Balaban J connectivity index is 1.75. The fourth-order valence-corrected chi connectivity index (χ4v) is 5.71. The van der Waals surface area contributed by atoms with Crippen LogP contribution in [0.15, 0.2) is 18.2 Å². The number of amides is 1. The molecule has 25 heavy (non-hydrogen) atoms. The van der Waals surface area contributed by atoms with Gasteiger partial charge in [-0.05, 0) is 42.9 Å². The van der Waals surface area contributed by atoms with Gasteiger partial charge in [-0.25, -0.2) is 4.98 Å². The number of ether oxygens (including phenoxy) is 1. The summed E-state index contributed by atoms with van der Waals surface area (Å²) < 4.78 is 6.42. The highest BCUT2D eigenvalue weighted by atomic mass is 32.1. The zero-order valence-corrected chi connectivity index (χ0v) is 15.7. The SMILES string of the molecule is COc1cccc2sc(Nc3sc4c(c3C(N)=O)CC[C@@H](C)C4)nc12. The highest BCUT2D eigenvalue weighted by Gasteiger charge is 2.27. The molecule has 3 aromatic rings. The van der Waals surface area contributed by atoms with Crippen LogP contribution in [0.3, 0.4) is 0 Å². The smallest absolute Gasteiger partial charge is 0.251 e. The number of para-hydroxylation sites is 1. The van der Waals surface area contributed by atoms with E-state index in [0.717, 1.165) is 50.9 Å². The first-order chi connectivity index (χ1) is 12.1. The Labute approximate surface area is 153 Å². The lowest BCUT2D eigenvalue weighted by Crippen LogP contribution is -2.17. The van der Waals surface area contributed by atoms with Gasteiger partial charge in [0, 0.05) is 4.88 Å². The Bertz CT molecular complexity index is 961. The Morgan fingerprint density at radius 1 is 1.40 bits per heavy atom. The van der Waals surface area contributed by atoms with Crippen molar-refractivity contribution in [3.63, 3.8) is 0 Å². The normalized spacial score (nSPS) is 16.6. The van der Waals surface area contributed by atoms with Gasteiger partial charge < -0.3 is 15.8 Å². The number of nitrogens with one attached hydrogen (secondary N) is 1. The predicted molar refractivity (Wildman–Crippen MR) is 103 cm³/mol. The van der Waals surface area contributed by atoms with Crippen molar-refractivity contribution in [2.24, 2.45) is 11.7 Å². The molecule has 2 aromatic heterocycles. The van der Waals surface area contributed by atoms with Crippen molar-refractivity contribution in [1.29, 1.82) is 0 Å². The van der Waals surface area contributed by atoms with E-state index in [1.807, 2.05) is 18.2 Å². The molecule has 2 heterocycles. The summed E-state index contributed by atoms with van der Waals surface area (Å²) in [5, 5.41) is 4.89. The minimum atomic E-state index is -0.367. The molecular formula is C18H19N3O2S2. The van der Waals surface area contributed by atoms with Gasteiger partial charge in [0.05, 0.1) is 17.4 Å². The van der Waals surface area contributed by atoms with Crippen LogP contribution in [0.5, 0.6) is 5.75 Å². The fourth-order valence-electron chi connectivity index (χ4n) is 3.34. The van der Waals surface area contributed by atoms with Crippen LogP contribution in [-0.2, 0) is 12.8 Å². The summed E-state index contributed by atoms with van der Waals surface area (Å²) in [4.78, 5) is 18.0. The third-order valence-corrected chi connectivity index (χ3v) is 6.69. The van der Waals surface area contributed by atoms with Crippen LogP contribution < -0.4 is 15.8 Å². The molecule has 0 unspecified atom stereocenters. The van der Waals surface area contributed by atoms with Crippen LogP contribution in [0.4, 0.5) is 10.1 Å². The number of nitrogens with zero attached hydrogens (tertiary/aromatic N) is 1. The van der Waals surface area contributed by atoms with Crippen LogP contribution in [0.2, 0.25) is 0 Å². The van der Waals surface area contributed by atoms with Crippen LogP contribution in [0.1, 0.15) is 34.1 Å². The first kappa shape index (κ1) is 16.4. The van der Waals surface area contributed by atoms with Gasteiger partial charge in [0.15, 0.2) is 5.13 Å². The van der Waals surface area contributed by atoms with Crippen molar-refractivity contribution >= 4 is 48.9 Å². The van der Waals surface area contributed by atoms with E-state index >= 15 is 0 Å². The number of hydrogen-bond acceptors (Lipinski definition) is 6. The molecular weight excluding hydrogens is 354 g/mol. The minimum absolute atomic E-state index is 0.367. The highest BCUT2D eigenvalue weighted by molar-refractivity contribution is 7.23. The molecule has 0 spiro atoms. The van der Waals surface area contributed by atoms with Crippen LogP contribution in [-0.4, -0.2) is 18.0 Å². The number of carbonyl (C=O) groups excluding carboxylic acids is 1. The van der Waals surface area contributed by atoms with E-state index < -0.39 is 0 Å². The quantitative estimate of drug-likeness (QED) is 0.713. The summed E-state index contributed by atoms with van der Waals surface area (Å²) in [5.41, 5.74) is 8.27. The molecule has 0 aliphatic heterocycles. The zero-order chi connectivity index (χ0) is 17.6. The number of thiazole rings is 1. The molecule has 7 heteroatoms. The molecule has 1 aliphatic rings. The lowest BCUT2D eigenvalue weighted by Gasteiger charge is -2.18. The third kappa shape index (κ3) is 2.87. The number of benzene rings is 1. The average Bonchev–Trinajstić information content (AvgIpc) is 3.14. The molecule has 1 atom stereocenters. The lowest BCUT2D eigenvalue weighted by atomic mass is 9.88. The second-order valence-corrected chi connectivity index (χ2v) is 8.51. The lowest BCUT2D eigenvalue weighted by molar-refractivity contribution is 0.1000. The molecule has 1 aromatic carbocycles. The predicted octanol–water partition coefficient (Wildman–Crippen LogP) is 4.33. The largest absolute Gasteiger partial charge is 0.494 e. The van der Waals surface area contributed by atoms with Gasteiger partial charge in [-0.15, -0.1) is 11.3 Å². The molecule has 4 rings (SSSR count). The number of nitrogens with two attached hydrogens (primary N) is 1. The van der Waals surface area contributed by atoms with E-state index in [2.05, 4.69) is 17.2 Å². The number of thiophene rings is 1. The molecule has 0 fully saturated rings. The topological polar surface area (TPSA) is 77.2 Å². The van der Waals surface area contributed by atoms with Crippen molar-refractivity contribution in [3.8, 4) is 5.75 Å². The number of carbonyl (C=O) groups is 1. The monoisotopic (exact) mass is 373 g/mol. The molecule has 0 saturated heterocycles. The second kappa shape index (κ2) is 6.31. The minimum Gasteiger partial charge on any atom is -0.494 e. The van der Waals surface area contributed by atoms with E-state index in [0.29, 0.717) is 11.5 Å². The van der Waals surface area contributed by atoms with E-state index in [9.17, 15) is 4.79 Å². The molecule has 0 saturated carbocycles. The summed E-state index contributed by atoms with van der Waals surface area (Å²) >= 11 is 3.17. The summed E-state index contributed by atoms with van der Waals surface area (Å²) in [6.45, 7) is 2.25. The van der Waals surface area contributed by atoms with Gasteiger partial charge in [-0.2, -0.15) is 0 Å². The Morgan fingerprint density at radius 3 is 3.00 bits per heavy atom. The van der Waals surface area contributed by atoms with Crippen molar-refractivity contribution in [3.05, 3.63) is 34.2 Å². The molecule has 1 aliphatic carbocycles. The van der Waals surface area contributed by atoms with Gasteiger partial charge in [-0.3, -0.25) is 4.79 Å². The van der Waals surface area contributed by atoms with E-state index in [1.54, 1.807) is 29.8 Å². The Morgan fingerprint density at radius 2 is 2.24 bits per heavy atom. The first-order valence-electron chi connectivity index (χ1n) is 8.21.